The Morgan fingerprint density at radius 3 is 2.70 bits per heavy atom. The number of hydrogen-bond acceptors (Lipinski definition) is 5. The fourth-order valence-electron chi connectivity index (χ4n) is 4.02. The molecule has 1 aliphatic carbocycles. The molecule has 5 rings (SSSR count). The van der Waals surface area contributed by atoms with Crippen LogP contribution in [0.5, 0.6) is 0 Å². The number of ketones is 1. The molecular formula is C24H23N3O2S. The standard InChI is InChI=1S/C24H23N3O2S/c1-14(22(29)18-9-10-21-17(13-18)11-12-27(21)15(2)28)30-24-19-5-3-4-6-20(19)25-23(26-24)16-7-8-16/h3-6,9-10,13-14,16H,7-8,11-12H2,1-2H3/t14-/m1/s1. The first-order valence-corrected chi connectivity index (χ1v) is 11.3. The highest BCUT2D eigenvalue weighted by Gasteiger charge is 2.29. The molecule has 1 atom stereocenters. The highest BCUT2D eigenvalue weighted by molar-refractivity contribution is 8.00. The van der Waals surface area contributed by atoms with Gasteiger partial charge in [-0.3, -0.25) is 9.59 Å². The average molecular weight is 418 g/mol. The molecule has 2 heterocycles. The number of Topliss-reactive ketones (excluding diaryl/α,β-unsaturated/α-hetero) is 1. The molecule has 0 saturated heterocycles. The maximum atomic E-state index is 13.2. The number of para-hydroxylation sites is 1. The van der Waals surface area contributed by atoms with Crippen LogP contribution < -0.4 is 4.90 Å². The zero-order valence-electron chi connectivity index (χ0n) is 17.1. The monoisotopic (exact) mass is 417 g/mol. The Labute approximate surface area is 179 Å². The highest BCUT2D eigenvalue weighted by Crippen LogP contribution is 2.40. The van der Waals surface area contributed by atoms with E-state index in [1.54, 1.807) is 11.8 Å². The molecule has 152 valence electrons. The van der Waals surface area contributed by atoms with Crippen LogP contribution in [0.25, 0.3) is 10.9 Å². The molecule has 0 bridgehead atoms. The minimum Gasteiger partial charge on any atom is -0.312 e. The fraction of sp³-hybridized carbons (Fsp3) is 0.333. The maximum Gasteiger partial charge on any atom is 0.223 e. The predicted molar refractivity (Wildman–Crippen MR) is 119 cm³/mol. The molecule has 2 aromatic carbocycles. The maximum absolute atomic E-state index is 13.2. The first kappa shape index (κ1) is 19.2. The van der Waals surface area contributed by atoms with Crippen molar-refractivity contribution in [1.82, 2.24) is 9.97 Å². The summed E-state index contributed by atoms with van der Waals surface area (Å²) in [4.78, 5) is 36.3. The largest absolute Gasteiger partial charge is 0.312 e. The number of carbonyl (C=O) groups excluding carboxylic acids is 2. The van der Waals surface area contributed by atoms with E-state index in [2.05, 4.69) is 0 Å². The lowest BCUT2D eigenvalue weighted by Gasteiger charge is -2.16. The molecule has 1 amide bonds. The summed E-state index contributed by atoms with van der Waals surface area (Å²) in [7, 11) is 0. The molecule has 1 aliphatic heterocycles. The van der Waals surface area contributed by atoms with Crippen LogP contribution in [-0.2, 0) is 11.2 Å². The van der Waals surface area contributed by atoms with Crippen molar-refractivity contribution in [3.63, 3.8) is 0 Å². The summed E-state index contributed by atoms with van der Waals surface area (Å²) < 4.78 is 0. The third-order valence-electron chi connectivity index (χ3n) is 5.83. The van der Waals surface area contributed by atoms with Crippen molar-refractivity contribution in [1.29, 1.82) is 0 Å². The van der Waals surface area contributed by atoms with Gasteiger partial charge in [-0.2, -0.15) is 0 Å². The second-order valence-electron chi connectivity index (χ2n) is 8.07. The van der Waals surface area contributed by atoms with Crippen LogP contribution in [0.15, 0.2) is 47.5 Å². The third-order valence-corrected chi connectivity index (χ3v) is 6.93. The summed E-state index contributed by atoms with van der Waals surface area (Å²) in [6, 6.07) is 13.7. The van der Waals surface area contributed by atoms with Gasteiger partial charge >= 0.3 is 0 Å². The highest BCUT2D eigenvalue weighted by atomic mass is 32.2. The van der Waals surface area contributed by atoms with Crippen molar-refractivity contribution in [3.05, 3.63) is 59.4 Å². The van der Waals surface area contributed by atoms with Crippen LogP contribution in [-0.4, -0.2) is 33.5 Å². The zero-order chi connectivity index (χ0) is 20.8. The van der Waals surface area contributed by atoms with Crippen LogP contribution in [0.3, 0.4) is 0 Å². The van der Waals surface area contributed by atoms with E-state index < -0.39 is 0 Å². The minimum absolute atomic E-state index is 0.0406. The van der Waals surface area contributed by atoms with Gasteiger partial charge < -0.3 is 4.90 Å². The van der Waals surface area contributed by atoms with Crippen molar-refractivity contribution in [2.45, 2.75) is 49.3 Å². The number of anilines is 1. The Hall–Kier alpha value is -2.73. The quantitative estimate of drug-likeness (QED) is 0.340. The number of fused-ring (bicyclic) bond motifs is 2. The van der Waals surface area contributed by atoms with Crippen molar-refractivity contribution in [2.75, 3.05) is 11.4 Å². The Morgan fingerprint density at radius 2 is 1.93 bits per heavy atom. The van der Waals surface area contributed by atoms with E-state index in [1.807, 2.05) is 49.4 Å². The molecule has 30 heavy (non-hydrogen) atoms. The lowest BCUT2D eigenvalue weighted by molar-refractivity contribution is -0.116. The van der Waals surface area contributed by atoms with Crippen LogP contribution in [0, 0.1) is 0 Å². The van der Waals surface area contributed by atoms with E-state index in [0.717, 1.165) is 52.3 Å². The molecule has 2 aliphatic rings. The molecular weight excluding hydrogens is 394 g/mol. The van der Waals surface area contributed by atoms with Gasteiger partial charge in [-0.25, -0.2) is 9.97 Å². The van der Waals surface area contributed by atoms with Gasteiger partial charge in [-0.15, -0.1) is 0 Å². The molecule has 0 spiro atoms. The summed E-state index contributed by atoms with van der Waals surface area (Å²) in [5.74, 6) is 1.48. The molecule has 5 nitrogen and oxygen atoms in total. The Kier molecular flexibility index (Phi) is 4.82. The Morgan fingerprint density at radius 1 is 1.13 bits per heavy atom. The predicted octanol–water partition coefficient (Wildman–Crippen LogP) is 4.78. The Balaban J connectivity index is 1.41. The second kappa shape index (κ2) is 7.51. The van der Waals surface area contributed by atoms with E-state index in [-0.39, 0.29) is 16.9 Å². The molecule has 3 aromatic rings. The third kappa shape index (κ3) is 3.49. The SMILES string of the molecule is CC(=O)N1CCc2cc(C(=O)[C@@H](C)Sc3nc(C4CC4)nc4ccccc34)ccc21. The minimum atomic E-state index is -0.265. The number of thioether (sulfide) groups is 1. The van der Waals surface area contributed by atoms with Gasteiger partial charge in [0.25, 0.3) is 0 Å². The number of rotatable bonds is 5. The van der Waals surface area contributed by atoms with Crippen LogP contribution in [0.2, 0.25) is 0 Å². The number of nitrogens with zero attached hydrogens (tertiary/aromatic N) is 3. The summed E-state index contributed by atoms with van der Waals surface area (Å²) in [6.45, 7) is 4.20. The summed E-state index contributed by atoms with van der Waals surface area (Å²) in [5.41, 5.74) is 3.63. The smallest absolute Gasteiger partial charge is 0.223 e. The molecule has 6 heteroatoms. The zero-order valence-corrected chi connectivity index (χ0v) is 17.9. The van der Waals surface area contributed by atoms with Crippen molar-refractivity contribution in [3.8, 4) is 0 Å². The number of aromatic nitrogens is 2. The number of carbonyl (C=O) groups is 2. The van der Waals surface area contributed by atoms with Crippen molar-refractivity contribution < 1.29 is 9.59 Å². The number of amides is 1. The van der Waals surface area contributed by atoms with Gasteiger partial charge in [0.1, 0.15) is 10.9 Å². The second-order valence-corrected chi connectivity index (χ2v) is 9.40. The summed E-state index contributed by atoms with van der Waals surface area (Å²) >= 11 is 1.51. The Bertz CT molecular complexity index is 1170. The molecule has 1 aromatic heterocycles. The molecule has 0 unspecified atom stereocenters. The van der Waals surface area contributed by atoms with E-state index in [4.69, 9.17) is 9.97 Å². The fourth-order valence-corrected chi connectivity index (χ4v) is 5.04. The lowest BCUT2D eigenvalue weighted by Crippen LogP contribution is -2.25. The van der Waals surface area contributed by atoms with Gasteiger partial charge in [0.15, 0.2) is 5.78 Å². The van der Waals surface area contributed by atoms with E-state index >= 15 is 0 Å². The summed E-state index contributed by atoms with van der Waals surface area (Å²) in [6.07, 6.45) is 3.07. The van der Waals surface area contributed by atoms with Gasteiger partial charge in [-0.05, 0) is 56.0 Å². The molecule has 0 radical (unpaired) electrons. The van der Waals surface area contributed by atoms with E-state index in [1.165, 1.54) is 11.8 Å². The van der Waals surface area contributed by atoms with Crippen LogP contribution >= 0.6 is 11.8 Å². The van der Waals surface area contributed by atoms with E-state index in [0.29, 0.717) is 18.0 Å². The van der Waals surface area contributed by atoms with E-state index in [9.17, 15) is 9.59 Å². The first-order valence-electron chi connectivity index (χ1n) is 10.4. The van der Waals surface area contributed by atoms with Gasteiger partial charge in [0.05, 0.1) is 10.8 Å². The van der Waals surface area contributed by atoms with Gasteiger partial charge in [0, 0.05) is 36.0 Å². The van der Waals surface area contributed by atoms with Gasteiger partial charge in [-0.1, -0.05) is 30.0 Å². The van der Waals surface area contributed by atoms with Gasteiger partial charge in [0.2, 0.25) is 5.91 Å². The number of hydrogen-bond donors (Lipinski definition) is 0. The molecule has 1 fully saturated rings. The van der Waals surface area contributed by atoms with Crippen molar-refractivity contribution >= 4 is 40.0 Å². The molecule has 0 N–H and O–H groups in total. The van der Waals surface area contributed by atoms with Crippen molar-refractivity contribution in [2.24, 2.45) is 0 Å². The molecule has 1 saturated carbocycles. The average Bonchev–Trinajstić information content (AvgIpc) is 3.51. The normalized spacial score (nSPS) is 16.5. The van der Waals surface area contributed by atoms with Crippen LogP contribution in [0.4, 0.5) is 5.69 Å². The summed E-state index contributed by atoms with van der Waals surface area (Å²) in [5, 5.41) is 1.61. The lowest BCUT2D eigenvalue weighted by atomic mass is 10.0. The van der Waals surface area contributed by atoms with Crippen LogP contribution in [0.1, 0.15) is 54.4 Å². The topological polar surface area (TPSA) is 63.2 Å². The first-order chi connectivity index (χ1) is 14.5. The number of benzene rings is 2.